The van der Waals surface area contributed by atoms with Gasteiger partial charge in [0.1, 0.15) is 5.75 Å². The Hall–Kier alpha value is -2.54. The molecule has 3 saturated carbocycles. The summed E-state index contributed by atoms with van der Waals surface area (Å²) in [6.45, 7) is 9.33. The zero-order valence-electron chi connectivity index (χ0n) is 24.5. The van der Waals surface area contributed by atoms with Crippen LogP contribution in [0.4, 0.5) is 5.69 Å². The highest BCUT2D eigenvalue weighted by Gasteiger charge is 2.62. The Balaban J connectivity index is 1.14. The van der Waals surface area contributed by atoms with Crippen LogP contribution in [-0.4, -0.2) is 38.4 Å². The van der Waals surface area contributed by atoms with Gasteiger partial charge in [0, 0.05) is 25.2 Å². The van der Waals surface area contributed by atoms with Gasteiger partial charge in [0.05, 0.1) is 11.0 Å². The van der Waals surface area contributed by atoms with Gasteiger partial charge in [-0.15, -0.1) is 0 Å². The van der Waals surface area contributed by atoms with Crippen molar-refractivity contribution in [2.75, 3.05) is 11.8 Å². The molecule has 1 saturated heterocycles. The Labute approximate surface area is 239 Å². The number of carbonyl (C=O) groups excluding carboxylic acids is 1. The number of aryl methyl sites for hydroxylation is 1. The summed E-state index contributed by atoms with van der Waals surface area (Å²) in [6.07, 6.45) is 7.59. The van der Waals surface area contributed by atoms with Gasteiger partial charge in [0.2, 0.25) is 5.91 Å². The topological polar surface area (TPSA) is 75.7 Å². The van der Waals surface area contributed by atoms with Crippen molar-refractivity contribution in [1.29, 1.82) is 0 Å². The van der Waals surface area contributed by atoms with Gasteiger partial charge in [-0.1, -0.05) is 38.5 Å². The number of benzene rings is 2. The Bertz CT molecular complexity index is 1370. The summed E-state index contributed by atoms with van der Waals surface area (Å²) in [5, 5.41) is 0. The lowest BCUT2D eigenvalue weighted by atomic mass is 9.45. The molecule has 0 aromatic heterocycles. The molecular formula is C33H44N2O4S. The number of carbonyl (C=O) groups is 1. The van der Waals surface area contributed by atoms with Crippen molar-refractivity contribution in [2.24, 2.45) is 34.5 Å². The predicted molar refractivity (Wildman–Crippen MR) is 158 cm³/mol. The molecule has 4 aliphatic rings. The third-order valence-electron chi connectivity index (χ3n) is 11.4. The van der Waals surface area contributed by atoms with Crippen LogP contribution in [0.2, 0.25) is 0 Å². The first-order chi connectivity index (χ1) is 18.9. The maximum atomic E-state index is 12.8. The summed E-state index contributed by atoms with van der Waals surface area (Å²) >= 11 is 0. The summed E-state index contributed by atoms with van der Waals surface area (Å²) in [5.74, 6) is 3.67. The van der Waals surface area contributed by atoms with Gasteiger partial charge in [-0.05, 0) is 116 Å². The number of fused-ring (bicyclic) bond motifs is 5. The molecule has 0 spiro atoms. The van der Waals surface area contributed by atoms with Crippen LogP contribution in [0, 0.1) is 41.4 Å². The van der Waals surface area contributed by atoms with Gasteiger partial charge in [0.25, 0.3) is 10.0 Å². The minimum atomic E-state index is -3.64. The smallest absolute Gasteiger partial charge is 0.261 e. The van der Waals surface area contributed by atoms with Gasteiger partial charge in [-0.3, -0.25) is 9.52 Å². The summed E-state index contributed by atoms with van der Waals surface area (Å²) in [6, 6.07) is 14.5. The van der Waals surface area contributed by atoms with Crippen LogP contribution in [0.15, 0.2) is 53.4 Å². The summed E-state index contributed by atoms with van der Waals surface area (Å²) in [4.78, 5) is 14.9. The van der Waals surface area contributed by atoms with E-state index < -0.39 is 10.0 Å². The maximum absolute atomic E-state index is 12.8. The van der Waals surface area contributed by atoms with Crippen LogP contribution in [-0.2, 0) is 14.8 Å². The first-order valence-corrected chi connectivity index (χ1v) is 16.5. The molecule has 216 valence electrons. The van der Waals surface area contributed by atoms with Crippen molar-refractivity contribution in [3.8, 4) is 5.75 Å². The molecule has 6 nitrogen and oxygen atoms in total. The van der Waals surface area contributed by atoms with E-state index in [1.54, 1.807) is 36.4 Å². The summed E-state index contributed by atoms with van der Waals surface area (Å²) < 4.78 is 34.8. The Morgan fingerprint density at radius 2 is 1.68 bits per heavy atom. The average Bonchev–Trinajstić information content (AvgIpc) is 3.25. The number of anilines is 1. The van der Waals surface area contributed by atoms with Crippen LogP contribution in [0.5, 0.6) is 5.75 Å². The van der Waals surface area contributed by atoms with Gasteiger partial charge in [-0.2, -0.15) is 0 Å². The highest BCUT2D eigenvalue weighted by atomic mass is 32.2. The number of hydrogen-bond acceptors (Lipinski definition) is 4. The molecule has 1 amide bonds. The van der Waals surface area contributed by atoms with E-state index in [2.05, 4.69) is 30.4 Å². The van der Waals surface area contributed by atoms with Crippen molar-refractivity contribution >= 4 is 21.6 Å². The Morgan fingerprint density at radius 1 is 0.975 bits per heavy atom. The molecule has 1 N–H and O–H groups in total. The van der Waals surface area contributed by atoms with Crippen LogP contribution < -0.4 is 9.46 Å². The molecule has 6 rings (SSSR count). The second-order valence-electron chi connectivity index (χ2n) is 13.8. The fourth-order valence-corrected chi connectivity index (χ4v) is 10.3. The predicted octanol–water partition coefficient (Wildman–Crippen LogP) is 6.65. The zero-order valence-corrected chi connectivity index (χ0v) is 25.3. The number of ether oxygens (including phenoxy) is 1. The lowest BCUT2D eigenvalue weighted by molar-refractivity contribution is -0.164. The fourth-order valence-electron chi connectivity index (χ4n) is 9.27. The van der Waals surface area contributed by atoms with Crippen LogP contribution in [0.25, 0.3) is 0 Å². The molecule has 40 heavy (non-hydrogen) atoms. The second-order valence-corrected chi connectivity index (χ2v) is 15.5. The minimum Gasteiger partial charge on any atom is -0.490 e. The number of amides is 1. The first kappa shape index (κ1) is 27.6. The number of nitrogens with one attached hydrogen (secondary N) is 1. The lowest BCUT2D eigenvalue weighted by Crippen LogP contribution is -2.62. The first-order valence-electron chi connectivity index (χ1n) is 15.0. The largest absolute Gasteiger partial charge is 0.490 e. The van der Waals surface area contributed by atoms with Crippen LogP contribution >= 0.6 is 0 Å². The highest BCUT2D eigenvalue weighted by Crippen LogP contribution is 2.66. The van der Waals surface area contributed by atoms with E-state index in [1.165, 1.54) is 12.8 Å². The van der Waals surface area contributed by atoms with Crippen LogP contribution in [0.3, 0.4) is 0 Å². The van der Waals surface area contributed by atoms with E-state index in [1.807, 2.05) is 26.1 Å². The zero-order chi connectivity index (χ0) is 28.4. The number of piperidine rings is 1. The summed E-state index contributed by atoms with van der Waals surface area (Å²) in [7, 11) is -1.61. The Morgan fingerprint density at radius 3 is 2.38 bits per heavy atom. The van der Waals surface area contributed by atoms with E-state index in [0.29, 0.717) is 47.7 Å². The maximum Gasteiger partial charge on any atom is 0.261 e. The van der Waals surface area contributed by atoms with Gasteiger partial charge < -0.3 is 9.64 Å². The SMILES string of the molecule is Cc1ccc(S(=O)(=O)Nc2ccc(OC3C[C@H]4[C@@H]5C(C)CC6N(C)C(=O)CC[C@]6(C)[C@@H]5CC[C@]4(C)C3)cc2)cc1. The number of likely N-dealkylation sites (tertiary alicyclic amines) is 1. The summed E-state index contributed by atoms with van der Waals surface area (Å²) in [5.41, 5.74) is 2.04. The second kappa shape index (κ2) is 9.78. The fraction of sp³-hybridized carbons (Fsp3) is 0.606. The molecule has 7 heteroatoms. The Kier molecular flexibility index (Phi) is 6.75. The molecule has 2 aromatic rings. The molecule has 3 unspecified atom stereocenters. The van der Waals surface area contributed by atoms with Gasteiger partial charge in [-0.25, -0.2) is 8.42 Å². The highest BCUT2D eigenvalue weighted by molar-refractivity contribution is 7.92. The normalized spacial score (nSPS) is 37.3. The molecule has 0 radical (unpaired) electrons. The van der Waals surface area contributed by atoms with E-state index in [4.69, 9.17) is 4.74 Å². The molecule has 0 bridgehead atoms. The van der Waals surface area contributed by atoms with E-state index in [-0.39, 0.29) is 21.8 Å². The minimum absolute atomic E-state index is 0.164. The molecule has 1 aliphatic heterocycles. The molecule has 8 atom stereocenters. The lowest BCUT2D eigenvalue weighted by Gasteiger charge is -2.63. The van der Waals surface area contributed by atoms with Crippen molar-refractivity contribution in [3.05, 3.63) is 54.1 Å². The third-order valence-corrected chi connectivity index (χ3v) is 12.8. The molecular weight excluding hydrogens is 520 g/mol. The van der Waals surface area contributed by atoms with E-state index >= 15 is 0 Å². The third kappa shape index (κ3) is 4.62. The van der Waals surface area contributed by atoms with Crippen molar-refractivity contribution < 1.29 is 17.9 Å². The van der Waals surface area contributed by atoms with Crippen molar-refractivity contribution in [1.82, 2.24) is 4.90 Å². The number of nitrogens with zero attached hydrogens (tertiary/aromatic N) is 1. The van der Waals surface area contributed by atoms with Crippen LogP contribution in [0.1, 0.15) is 71.3 Å². The van der Waals surface area contributed by atoms with E-state index in [0.717, 1.165) is 37.0 Å². The van der Waals surface area contributed by atoms with Gasteiger partial charge in [0.15, 0.2) is 0 Å². The van der Waals surface area contributed by atoms with E-state index in [9.17, 15) is 13.2 Å². The van der Waals surface area contributed by atoms with Gasteiger partial charge >= 0.3 is 0 Å². The quantitative estimate of drug-likeness (QED) is 0.441. The molecule has 3 aliphatic carbocycles. The standard InChI is InChI=1S/C33H44N2O4S/c1-21-6-12-26(13-7-21)40(37,38)34-23-8-10-24(11-9-23)39-25-19-28-31-22(2)18-29-33(4,17-15-30(36)35(29)5)27(31)14-16-32(28,3)20-25/h6-13,22,25,27-29,31,34H,14-20H2,1-5H3/t22?,25?,27-,28+,29?,31-,32-,33-/m1/s1. The monoisotopic (exact) mass is 564 g/mol. The number of rotatable bonds is 5. The molecule has 4 fully saturated rings. The number of hydrogen-bond donors (Lipinski definition) is 1. The van der Waals surface area contributed by atoms with Crippen molar-refractivity contribution in [2.45, 2.75) is 89.7 Å². The average molecular weight is 565 g/mol. The number of sulfonamides is 1. The molecule has 2 aromatic carbocycles. The van der Waals surface area contributed by atoms with Crippen molar-refractivity contribution in [3.63, 3.8) is 0 Å². The molecule has 1 heterocycles.